The van der Waals surface area contributed by atoms with Crippen LogP contribution in [0, 0.1) is 0 Å². The highest BCUT2D eigenvalue weighted by Gasteiger charge is 2.24. The number of benzene rings is 11. The lowest BCUT2D eigenvalue weighted by Gasteiger charge is -2.19. The van der Waals surface area contributed by atoms with Gasteiger partial charge in [0.25, 0.3) is 0 Å². The summed E-state index contributed by atoms with van der Waals surface area (Å²) in [6.07, 6.45) is 0. The Labute approximate surface area is 424 Å². The molecule has 344 valence electrons. The van der Waals surface area contributed by atoms with Crippen LogP contribution in [0.2, 0.25) is 0 Å². The monoisotopic (exact) mass is 942 g/mol. The number of fused-ring (bicyclic) bond motifs is 13. The van der Waals surface area contributed by atoms with Crippen LogP contribution in [-0.2, 0) is 0 Å². The summed E-state index contributed by atoms with van der Waals surface area (Å²) >= 11 is 0. The number of nitrogens with zero attached hydrogens (tertiary/aromatic N) is 6. The number of rotatable bonds is 6. The van der Waals surface area contributed by atoms with Crippen molar-refractivity contribution in [1.82, 2.24) is 28.2 Å². The van der Waals surface area contributed by atoms with E-state index < -0.39 is 0 Å². The number of aromatic nitrogens is 6. The molecule has 5 aromatic heterocycles. The Hall–Kier alpha value is -10.0. The molecule has 0 aliphatic heterocycles. The van der Waals surface area contributed by atoms with Gasteiger partial charge in [0.2, 0.25) is 0 Å². The van der Waals surface area contributed by atoms with Crippen LogP contribution < -0.4 is 0 Å². The molecular formula is C68H42N6. The molecule has 0 saturated heterocycles. The first-order valence-electron chi connectivity index (χ1n) is 25.2. The molecule has 11 aromatic carbocycles. The van der Waals surface area contributed by atoms with Crippen LogP contribution in [0.5, 0.6) is 0 Å². The Morgan fingerprint density at radius 2 is 0.419 bits per heavy atom. The molecule has 0 unspecified atom stereocenters. The summed E-state index contributed by atoms with van der Waals surface area (Å²) in [4.78, 5) is 11.9. The van der Waals surface area contributed by atoms with E-state index >= 15 is 0 Å². The molecule has 5 heterocycles. The van der Waals surface area contributed by atoms with Gasteiger partial charge in [-0.1, -0.05) is 170 Å². The summed E-state index contributed by atoms with van der Waals surface area (Å²) in [5.41, 5.74) is 18.4. The van der Waals surface area contributed by atoms with Crippen molar-refractivity contribution in [2.24, 2.45) is 0 Å². The molecule has 0 fully saturated rings. The smallest absolute Gasteiger partial charge is 0.116 e. The lowest BCUT2D eigenvalue weighted by molar-refractivity contribution is 1.14. The zero-order valence-corrected chi connectivity index (χ0v) is 39.9. The van der Waals surface area contributed by atoms with Crippen molar-refractivity contribution in [2.45, 2.75) is 0 Å². The first kappa shape index (κ1) is 40.7. The van der Waals surface area contributed by atoms with Crippen molar-refractivity contribution in [3.05, 3.63) is 255 Å². The molecule has 6 heteroatoms. The van der Waals surface area contributed by atoms with Gasteiger partial charge >= 0.3 is 0 Å². The van der Waals surface area contributed by atoms with Gasteiger partial charge in [-0.3, -0.25) is 0 Å². The minimum atomic E-state index is 0.803. The Bertz CT molecular complexity index is 4420. The average Bonchev–Trinajstić information content (AvgIpc) is 4.20. The third kappa shape index (κ3) is 5.82. The minimum Gasteiger partial charge on any atom is -0.309 e. The molecule has 0 bridgehead atoms. The highest BCUT2D eigenvalue weighted by Crippen LogP contribution is 2.42. The SMILES string of the molecule is c1ccc2c(c1)c1ccccc1n2-c1ccc(-c2nc3c(-n4c5ccccc5c5ccccc54)ccc(-n4c5ccccc5c5ccccc54)c3nc2-c2ccc(-n3c4ccccc4c4ccccc43)cc2)cc1. The minimum absolute atomic E-state index is 0.803. The maximum atomic E-state index is 5.96. The molecule has 0 aliphatic carbocycles. The zero-order valence-electron chi connectivity index (χ0n) is 39.9. The second-order valence-corrected chi connectivity index (χ2v) is 19.3. The normalized spacial score (nSPS) is 12.1. The second-order valence-electron chi connectivity index (χ2n) is 19.3. The number of hydrogen-bond donors (Lipinski definition) is 0. The summed E-state index contributed by atoms with van der Waals surface area (Å²) in [6.45, 7) is 0. The van der Waals surface area contributed by atoms with Crippen LogP contribution in [-0.4, -0.2) is 28.2 Å². The second kappa shape index (κ2) is 15.7. The Morgan fingerprint density at radius 3 is 0.662 bits per heavy atom. The fourth-order valence-corrected chi connectivity index (χ4v) is 12.2. The van der Waals surface area contributed by atoms with Gasteiger partial charge in [0, 0.05) is 65.6 Å². The molecule has 0 saturated carbocycles. The van der Waals surface area contributed by atoms with Crippen LogP contribution in [0.4, 0.5) is 0 Å². The summed E-state index contributed by atoms with van der Waals surface area (Å²) in [6, 6.07) is 91.8. The molecule has 6 nitrogen and oxygen atoms in total. The summed E-state index contributed by atoms with van der Waals surface area (Å²) in [5.74, 6) is 0. The maximum absolute atomic E-state index is 5.96. The Kier molecular flexibility index (Phi) is 8.64. The molecule has 0 amide bonds. The standard InChI is InChI=1S/C68H42N6/c1-9-25-55-47(17-1)48-18-2-10-26-56(48)71(55)45-37-33-43(34-38-45)65-66(44-35-39-46(40-36-44)72-57-27-11-3-19-49(57)50-20-4-12-28-58(50)72)70-68-64(74-61-31-15-7-23-53(61)54-24-8-16-32-62(54)74)42-41-63(67(68)69-65)73-59-29-13-5-21-51(59)52-22-6-14-30-60(52)73/h1-42H. The largest absolute Gasteiger partial charge is 0.309 e. The third-order valence-electron chi connectivity index (χ3n) is 15.4. The van der Waals surface area contributed by atoms with E-state index in [4.69, 9.17) is 9.97 Å². The van der Waals surface area contributed by atoms with Gasteiger partial charge in [0.15, 0.2) is 0 Å². The van der Waals surface area contributed by atoms with E-state index in [0.717, 1.165) is 78.4 Å². The highest BCUT2D eigenvalue weighted by atomic mass is 15.0. The van der Waals surface area contributed by atoms with E-state index in [1.54, 1.807) is 0 Å². The summed E-state index contributed by atoms with van der Waals surface area (Å²) in [5, 5.41) is 9.69. The molecule has 16 rings (SSSR count). The number of hydrogen-bond acceptors (Lipinski definition) is 2. The first-order valence-corrected chi connectivity index (χ1v) is 25.2. The molecule has 0 radical (unpaired) electrons. The van der Waals surface area contributed by atoms with Crippen molar-refractivity contribution in [2.75, 3.05) is 0 Å². The van der Waals surface area contributed by atoms with E-state index in [0.29, 0.717) is 0 Å². The van der Waals surface area contributed by atoms with Crippen LogP contribution in [0.25, 0.3) is 144 Å². The van der Waals surface area contributed by atoms with Crippen molar-refractivity contribution in [3.8, 4) is 45.3 Å². The first-order chi connectivity index (χ1) is 36.7. The van der Waals surface area contributed by atoms with E-state index in [-0.39, 0.29) is 0 Å². The van der Waals surface area contributed by atoms with Crippen LogP contribution in [0.3, 0.4) is 0 Å². The summed E-state index contributed by atoms with van der Waals surface area (Å²) in [7, 11) is 0. The Morgan fingerprint density at radius 1 is 0.203 bits per heavy atom. The van der Waals surface area contributed by atoms with Gasteiger partial charge in [-0.25, -0.2) is 9.97 Å². The van der Waals surface area contributed by atoms with Gasteiger partial charge in [0.1, 0.15) is 11.0 Å². The predicted octanol–water partition coefficient (Wildman–Crippen LogP) is 17.4. The Balaban J connectivity index is 0.990. The molecule has 0 N–H and O–H groups in total. The average molecular weight is 943 g/mol. The van der Waals surface area contributed by atoms with Gasteiger partial charge in [-0.2, -0.15) is 0 Å². The van der Waals surface area contributed by atoms with Gasteiger partial charge in [-0.15, -0.1) is 0 Å². The van der Waals surface area contributed by atoms with Crippen LogP contribution in [0.15, 0.2) is 255 Å². The van der Waals surface area contributed by atoms with Crippen molar-refractivity contribution in [1.29, 1.82) is 0 Å². The van der Waals surface area contributed by atoms with E-state index in [2.05, 4.69) is 273 Å². The zero-order chi connectivity index (χ0) is 48.4. The van der Waals surface area contributed by atoms with E-state index in [9.17, 15) is 0 Å². The molecule has 0 atom stereocenters. The summed E-state index contributed by atoms with van der Waals surface area (Å²) < 4.78 is 9.50. The lowest BCUT2D eigenvalue weighted by atomic mass is 10.0. The van der Waals surface area contributed by atoms with Crippen LogP contribution in [0.1, 0.15) is 0 Å². The predicted molar refractivity (Wildman–Crippen MR) is 308 cm³/mol. The fraction of sp³-hybridized carbons (Fsp3) is 0. The van der Waals surface area contributed by atoms with Crippen molar-refractivity contribution < 1.29 is 0 Å². The van der Waals surface area contributed by atoms with Gasteiger partial charge < -0.3 is 18.3 Å². The third-order valence-corrected chi connectivity index (χ3v) is 15.4. The van der Waals surface area contributed by atoms with E-state index in [1.807, 2.05) is 0 Å². The lowest BCUT2D eigenvalue weighted by Crippen LogP contribution is -2.05. The molecular weight excluding hydrogens is 901 g/mol. The quantitative estimate of drug-likeness (QED) is 0.167. The highest BCUT2D eigenvalue weighted by molar-refractivity contribution is 6.14. The molecule has 0 aliphatic rings. The van der Waals surface area contributed by atoms with Crippen LogP contribution >= 0.6 is 0 Å². The molecule has 74 heavy (non-hydrogen) atoms. The van der Waals surface area contributed by atoms with Crippen molar-refractivity contribution >= 4 is 98.3 Å². The maximum Gasteiger partial charge on any atom is 0.116 e. The van der Waals surface area contributed by atoms with Gasteiger partial charge in [0.05, 0.1) is 66.9 Å². The number of para-hydroxylation sites is 8. The molecule has 0 spiro atoms. The van der Waals surface area contributed by atoms with Gasteiger partial charge in [-0.05, 0) is 84.9 Å². The van der Waals surface area contributed by atoms with Crippen molar-refractivity contribution in [3.63, 3.8) is 0 Å². The van der Waals surface area contributed by atoms with E-state index in [1.165, 1.54) is 65.2 Å². The molecule has 16 aromatic rings. The topological polar surface area (TPSA) is 45.5 Å². The fourth-order valence-electron chi connectivity index (χ4n) is 12.2.